The molecule has 98 valence electrons. The molecule has 1 N–H and O–H groups in total. The van der Waals surface area contributed by atoms with Gasteiger partial charge in [-0.15, -0.1) is 0 Å². The van der Waals surface area contributed by atoms with Crippen molar-refractivity contribution in [3.8, 4) is 0 Å². The zero-order valence-electron chi connectivity index (χ0n) is 10.5. The van der Waals surface area contributed by atoms with E-state index in [-0.39, 0.29) is 5.91 Å². The molecule has 1 aliphatic heterocycles. The van der Waals surface area contributed by atoms with Crippen LogP contribution in [0.1, 0.15) is 10.4 Å². The molecule has 0 saturated carbocycles. The van der Waals surface area contributed by atoms with Gasteiger partial charge in [0.25, 0.3) is 5.91 Å². The quantitative estimate of drug-likeness (QED) is 0.818. The van der Waals surface area contributed by atoms with Crippen LogP contribution in [0.4, 0.5) is 0 Å². The molecular formula is C14H15N3O2. The number of nitrogens with one attached hydrogen (secondary N) is 1. The molecule has 1 aliphatic rings. The van der Waals surface area contributed by atoms with Crippen molar-refractivity contribution in [1.82, 2.24) is 14.8 Å². The number of amides is 2. The van der Waals surface area contributed by atoms with Crippen molar-refractivity contribution in [1.29, 1.82) is 0 Å². The molecule has 0 bridgehead atoms. The van der Waals surface area contributed by atoms with Gasteiger partial charge in [0.2, 0.25) is 6.41 Å². The van der Waals surface area contributed by atoms with Crippen LogP contribution in [0.3, 0.4) is 0 Å². The molecule has 0 radical (unpaired) electrons. The van der Waals surface area contributed by atoms with Crippen LogP contribution in [0.15, 0.2) is 30.5 Å². The van der Waals surface area contributed by atoms with Gasteiger partial charge >= 0.3 is 0 Å². The van der Waals surface area contributed by atoms with Crippen LogP contribution in [0.25, 0.3) is 10.9 Å². The number of carbonyl (C=O) groups is 2. The van der Waals surface area contributed by atoms with E-state index in [1.165, 1.54) is 0 Å². The van der Waals surface area contributed by atoms with E-state index in [9.17, 15) is 9.59 Å². The van der Waals surface area contributed by atoms with Gasteiger partial charge in [-0.1, -0.05) is 18.2 Å². The summed E-state index contributed by atoms with van der Waals surface area (Å²) in [5, 5.41) is 0.949. The molecule has 2 heterocycles. The fraction of sp³-hybridized carbons (Fsp3) is 0.286. The molecular weight excluding hydrogens is 242 g/mol. The molecule has 0 unspecified atom stereocenters. The van der Waals surface area contributed by atoms with Gasteiger partial charge in [-0.25, -0.2) is 0 Å². The highest BCUT2D eigenvalue weighted by molar-refractivity contribution is 6.06. The molecule has 5 heteroatoms. The number of carbonyl (C=O) groups excluding carboxylic acids is 2. The van der Waals surface area contributed by atoms with Gasteiger partial charge in [-0.05, 0) is 6.07 Å². The van der Waals surface area contributed by atoms with E-state index in [0.29, 0.717) is 31.7 Å². The maximum Gasteiger partial charge on any atom is 0.256 e. The van der Waals surface area contributed by atoms with E-state index < -0.39 is 0 Å². The Kier molecular flexibility index (Phi) is 2.95. The minimum absolute atomic E-state index is 0.0306. The highest BCUT2D eigenvalue weighted by Gasteiger charge is 2.23. The van der Waals surface area contributed by atoms with Crippen LogP contribution < -0.4 is 0 Å². The zero-order chi connectivity index (χ0) is 13.2. The third-order valence-electron chi connectivity index (χ3n) is 3.57. The molecule has 3 rings (SSSR count). The second-order valence-electron chi connectivity index (χ2n) is 4.68. The van der Waals surface area contributed by atoms with Crippen molar-refractivity contribution in [2.45, 2.75) is 0 Å². The summed E-state index contributed by atoms with van der Waals surface area (Å²) in [6.07, 6.45) is 2.60. The number of hydrogen-bond donors (Lipinski definition) is 1. The summed E-state index contributed by atoms with van der Waals surface area (Å²) in [6, 6.07) is 7.77. The molecule has 1 aromatic heterocycles. The van der Waals surface area contributed by atoms with Crippen molar-refractivity contribution >= 4 is 23.2 Å². The lowest BCUT2D eigenvalue weighted by Crippen LogP contribution is -2.48. The number of piperazine rings is 1. The second kappa shape index (κ2) is 4.76. The number of benzene rings is 1. The van der Waals surface area contributed by atoms with Gasteiger partial charge in [0.1, 0.15) is 0 Å². The van der Waals surface area contributed by atoms with E-state index in [0.717, 1.165) is 17.3 Å². The summed E-state index contributed by atoms with van der Waals surface area (Å²) >= 11 is 0. The number of aromatic amines is 1. The van der Waals surface area contributed by atoms with E-state index in [2.05, 4.69) is 4.98 Å². The topological polar surface area (TPSA) is 56.4 Å². The number of nitrogens with zero attached hydrogens (tertiary/aromatic N) is 2. The summed E-state index contributed by atoms with van der Waals surface area (Å²) < 4.78 is 0. The summed E-state index contributed by atoms with van der Waals surface area (Å²) in [4.78, 5) is 29.7. The van der Waals surface area contributed by atoms with Gasteiger partial charge < -0.3 is 14.8 Å². The molecule has 2 amide bonds. The molecule has 0 aliphatic carbocycles. The Morgan fingerprint density at radius 2 is 1.89 bits per heavy atom. The maximum atomic E-state index is 12.5. The third kappa shape index (κ3) is 2.07. The van der Waals surface area contributed by atoms with E-state index in [1.807, 2.05) is 24.3 Å². The van der Waals surface area contributed by atoms with Crippen molar-refractivity contribution in [2.75, 3.05) is 26.2 Å². The average Bonchev–Trinajstić information content (AvgIpc) is 2.90. The van der Waals surface area contributed by atoms with Crippen molar-refractivity contribution in [2.24, 2.45) is 0 Å². The SMILES string of the molecule is O=CN1CCN(C(=O)c2c[nH]c3ccccc23)CC1. The number of para-hydroxylation sites is 1. The molecule has 19 heavy (non-hydrogen) atoms. The Balaban J connectivity index is 1.82. The van der Waals surface area contributed by atoms with Crippen molar-refractivity contribution < 1.29 is 9.59 Å². The fourth-order valence-electron chi connectivity index (χ4n) is 2.45. The maximum absolute atomic E-state index is 12.5. The van der Waals surface area contributed by atoms with Crippen LogP contribution in [-0.4, -0.2) is 53.3 Å². The Hall–Kier alpha value is -2.30. The molecule has 1 saturated heterocycles. The lowest BCUT2D eigenvalue weighted by atomic mass is 10.1. The summed E-state index contributed by atoms with van der Waals surface area (Å²) in [7, 11) is 0. The first kappa shape index (κ1) is 11.8. The Bertz CT molecular complexity index is 612. The van der Waals surface area contributed by atoms with Crippen LogP contribution in [0, 0.1) is 0 Å². The van der Waals surface area contributed by atoms with Crippen LogP contribution in [0.2, 0.25) is 0 Å². The van der Waals surface area contributed by atoms with Crippen LogP contribution in [-0.2, 0) is 4.79 Å². The minimum atomic E-state index is 0.0306. The predicted molar refractivity (Wildman–Crippen MR) is 71.8 cm³/mol. The van der Waals surface area contributed by atoms with E-state index >= 15 is 0 Å². The Morgan fingerprint density at radius 3 is 2.63 bits per heavy atom. The lowest BCUT2D eigenvalue weighted by Gasteiger charge is -2.32. The highest BCUT2D eigenvalue weighted by Crippen LogP contribution is 2.19. The van der Waals surface area contributed by atoms with Gasteiger partial charge in [-0.3, -0.25) is 9.59 Å². The van der Waals surface area contributed by atoms with Crippen LogP contribution >= 0.6 is 0 Å². The molecule has 2 aromatic rings. The van der Waals surface area contributed by atoms with Gasteiger partial charge in [-0.2, -0.15) is 0 Å². The number of fused-ring (bicyclic) bond motifs is 1. The van der Waals surface area contributed by atoms with E-state index in [1.54, 1.807) is 16.0 Å². The van der Waals surface area contributed by atoms with Gasteiger partial charge in [0, 0.05) is 43.3 Å². The zero-order valence-corrected chi connectivity index (χ0v) is 10.5. The lowest BCUT2D eigenvalue weighted by molar-refractivity contribution is -0.119. The number of hydrogen-bond acceptors (Lipinski definition) is 2. The minimum Gasteiger partial charge on any atom is -0.360 e. The first-order valence-electron chi connectivity index (χ1n) is 6.34. The number of aromatic nitrogens is 1. The third-order valence-corrected chi connectivity index (χ3v) is 3.57. The second-order valence-corrected chi connectivity index (χ2v) is 4.68. The van der Waals surface area contributed by atoms with Crippen LogP contribution in [0.5, 0.6) is 0 Å². The first-order valence-corrected chi connectivity index (χ1v) is 6.34. The molecule has 5 nitrogen and oxygen atoms in total. The van der Waals surface area contributed by atoms with Crippen molar-refractivity contribution in [3.05, 3.63) is 36.0 Å². The molecule has 1 aromatic carbocycles. The monoisotopic (exact) mass is 257 g/mol. The number of H-pyrrole nitrogens is 1. The Morgan fingerprint density at radius 1 is 1.16 bits per heavy atom. The summed E-state index contributed by atoms with van der Waals surface area (Å²) in [6.45, 7) is 2.41. The molecule has 0 spiro atoms. The van der Waals surface area contributed by atoms with Gasteiger partial charge in [0.15, 0.2) is 0 Å². The first-order chi connectivity index (χ1) is 9.29. The Labute approximate surface area is 110 Å². The molecule has 0 atom stereocenters. The van der Waals surface area contributed by atoms with E-state index in [4.69, 9.17) is 0 Å². The van der Waals surface area contributed by atoms with Gasteiger partial charge in [0.05, 0.1) is 5.56 Å². The van der Waals surface area contributed by atoms with Crippen molar-refractivity contribution in [3.63, 3.8) is 0 Å². The standard InChI is InChI=1S/C14H15N3O2/c18-10-16-5-7-17(8-6-16)14(19)12-9-15-13-4-2-1-3-11(12)13/h1-4,9-10,15H,5-8H2. The highest BCUT2D eigenvalue weighted by atomic mass is 16.2. The molecule has 1 fully saturated rings. The predicted octanol–water partition coefficient (Wildman–Crippen LogP) is 1.08. The average molecular weight is 257 g/mol. The summed E-state index contributed by atoms with van der Waals surface area (Å²) in [5.74, 6) is 0.0306. The smallest absolute Gasteiger partial charge is 0.256 e. The summed E-state index contributed by atoms with van der Waals surface area (Å²) in [5.41, 5.74) is 1.67. The fourth-order valence-corrected chi connectivity index (χ4v) is 2.45. The normalized spacial score (nSPS) is 15.8. The number of rotatable bonds is 2. The largest absolute Gasteiger partial charge is 0.360 e.